The van der Waals surface area contributed by atoms with Crippen molar-refractivity contribution in [2.24, 2.45) is 0 Å². The van der Waals surface area contributed by atoms with Gasteiger partial charge in [0.15, 0.2) is 0 Å². The van der Waals surface area contributed by atoms with Crippen LogP contribution < -0.4 is 20.8 Å². The molecule has 0 saturated heterocycles. The summed E-state index contributed by atoms with van der Waals surface area (Å²) in [5.74, 6) is 0. The molecule has 2 aliphatic rings. The van der Waals surface area contributed by atoms with Crippen molar-refractivity contribution in [2.75, 3.05) is 9.71 Å². The van der Waals surface area contributed by atoms with Gasteiger partial charge in [-0.25, -0.2) is 0 Å². The number of hydrogen-bond donors (Lipinski definition) is 0. The Balaban J connectivity index is 1.16. The first-order valence-electron chi connectivity index (χ1n) is 22.5. The van der Waals surface area contributed by atoms with Crippen molar-refractivity contribution < 1.29 is 8.83 Å². The summed E-state index contributed by atoms with van der Waals surface area (Å²) < 4.78 is 16.5. The molecule has 0 fully saturated rings. The zero-order chi connectivity index (χ0) is 43.2. The van der Waals surface area contributed by atoms with E-state index in [0.717, 1.165) is 78.2 Å². The van der Waals surface area contributed by atoms with Crippen molar-refractivity contribution in [1.29, 1.82) is 0 Å². The van der Waals surface area contributed by atoms with Crippen LogP contribution in [0, 0.1) is 0 Å². The van der Waals surface area contributed by atoms with Gasteiger partial charge in [0.05, 0.1) is 16.7 Å². The van der Waals surface area contributed by atoms with Crippen LogP contribution in [0.1, 0.15) is 52.7 Å². The fourth-order valence-corrected chi connectivity index (χ4v) is 10.7. The van der Waals surface area contributed by atoms with E-state index in [1.807, 2.05) is 6.07 Å². The summed E-state index contributed by atoms with van der Waals surface area (Å²) in [5, 5.41) is 5.73. The molecule has 6 heteroatoms. The fourth-order valence-electron chi connectivity index (χ4n) is 10.7. The number of benzene rings is 8. The maximum atomic E-state index is 7.37. The Labute approximate surface area is 372 Å². The lowest BCUT2D eigenvalue weighted by atomic mass is 9.46. The quantitative estimate of drug-likeness (QED) is 0.166. The smallest absolute Gasteiger partial charge is 0.375 e. The van der Waals surface area contributed by atoms with Crippen molar-refractivity contribution in [1.82, 2.24) is 4.57 Å². The molecule has 0 saturated carbocycles. The van der Waals surface area contributed by atoms with Crippen LogP contribution in [0.5, 0.6) is 0 Å². The molecule has 0 N–H and O–H groups in total. The van der Waals surface area contributed by atoms with Crippen molar-refractivity contribution in [3.05, 3.63) is 181 Å². The molecule has 0 spiro atoms. The minimum atomic E-state index is -0.273. The van der Waals surface area contributed by atoms with E-state index in [0.29, 0.717) is 0 Å². The molecule has 13 rings (SSSR count). The molecule has 308 valence electrons. The normalized spacial score (nSPS) is 13.4. The van der Waals surface area contributed by atoms with Gasteiger partial charge in [0.1, 0.15) is 22.4 Å². The third kappa shape index (κ3) is 5.26. The predicted molar refractivity (Wildman–Crippen MR) is 269 cm³/mol. The Morgan fingerprint density at radius 3 is 1.84 bits per heavy atom. The minimum absolute atomic E-state index is 0.00307. The molecule has 2 aliphatic heterocycles. The fraction of sp³-hybridized carbons (Fsp3) is 0.138. The second-order valence-electron chi connectivity index (χ2n) is 19.8. The first-order chi connectivity index (χ1) is 31.0. The average Bonchev–Trinajstić information content (AvgIpc) is 3.97. The van der Waals surface area contributed by atoms with E-state index in [1.54, 1.807) is 0 Å². The van der Waals surface area contributed by atoms with Gasteiger partial charge in [0, 0.05) is 60.9 Å². The summed E-state index contributed by atoms with van der Waals surface area (Å²) >= 11 is 0. The molecule has 11 aromatic rings. The van der Waals surface area contributed by atoms with Gasteiger partial charge in [0.25, 0.3) is 0 Å². The molecule has 0 bridgehead atoms. The SMILES string of the molecule is CC(C)(C)c1ccc(N2B3c4oc5ccc(C(C)(C)C)cc5c4-n4c5cc6c(cc5c5ccc(c3c54)-c3ccc(N(c4ccccc4)c4ccccc4)cc32)oc2ccccc26)cc1. The zero-order valence-electron chi connectivity index (χ0n) is 36.9. The molecule has 5 nitrogen and oxygen atoms in total. The van der Waals surface area contributed by atoms with Gasteiger partial charge < -0.3 is 23.1 Å². The Morgan fingerprint density at radius 1 is 0.469 bits per heavy atom. The van der Waals surface area contributed by atoms with E-state index in [4.69, 9.17) is 8.83 Å². The molecule has 0 amide bonds. The molecule has 0 aliphatic carbocycles. The van der Waals surface area contributed by atoms with Crippen LogP contribution in [0.4, 0.5) is 28.4 Å². The van der Waals surface area contributed by atoms with Gasteiger partial charge in [-0.3, -0.25) is 0 Å². The molecule has 0 atom stereocenters. The van der Waals surface area contributed by atoms with E-state index in [1.165, 1.54) is 44.0 Å². The van der Waals surface area contributed by atoms with Crippen molar-refractivity contribution >= 4 is 101 Å². The van der Waals surface area contributed by atoms with Crippen LogP contribution in [-0.4, -0.2) is 11.4 Å². The summed E-state index contributed by atoms with van der Waals surface area (Å²) in [4.78, 5) is 4.92. The maximum absolute atomic E-state index is 7.37. The highest BCUT2D eigenvalue weighted by molar-refractivity contribution is 6.93. The van der Waals surface area contributed by atoms with E-state index >= 15 is 0 Å². The van der Waals surface area contributed by atoms with E-state index < -0.39 is 0 Å². The predicted octanol–water partition coefficient (Wildman–Crippen LogP) is 14.7. The Bertz CT molecular complexity index is 3660. The first-order valence-corrected chi connectivity index (χ1v) is 22.5. The summed E-state index contributed by atoms with van der Waals surface area (Å²) in [6, 6.07) is 62.2. The van der Waals surface area contributed by atoms with Crippen LogP contribution in [0.2, 0.25) is 0 Å². The molecule has 0 radical (unpaired) electrons. The molecule has 64 heavy (non-hydrogen) atoms. The van der Waals surface area contributed by atoms with E-state index in [9.17, 15) is 0 Å². The Morgan fingerprint density at radius 2 is 1.12 bits per heavy atom. The monoisotopic (exact) mass is 827 g/mol. The highest BCUT2D eigenvalue weighted by Crippen LogP contribution is 2.49. The summed E-state index contributed by atoms with van der Waals surface area (Å²) in [6.45, 7) is 13.4. The maximum Gasteiger partial charge on any atom is 0.375 e. The number of anilines is 5. The lowest BCUT2D eigenvalue weighted by Crippen LogP contribution is -2.60. The third-order valence-corrected chi connectivity index (χ3v) is 13.9. The number of hydrogen-bond acceptors (Lipinski definition) is 4. The van der Waals surface area contributed by atoms with Crippen molar-refractivity contribution in [3.8, 4) is 16.8 Å². The van der Waals surface area contributed by atoms with Crippen LogP contribution in [-0.2, 0) is 10.8 Å². The number of aromatic nitrogens is 1. The number of fused-ring (bicyclic) bond motifs is 13. The summed E-state index contributed by atoms with van der Waals surface area (Å²) in [5.41, 5.74) is 18.8. The largest absolute Gasteiger partial charge is 0.466 e. The van der Waals surface area contributed by atoms with Gasteiger partial charge in [-0.15, -0.1) is 0 Å². The highest BCUT2D eigenvalue weighted by atomic mass is 16.3. The van der Waals surface area contributed by atoms with Crippen molar-refractivity contribution in [3.63, 3.8) is 0 Å². The van der Waals surface area contributed by atoms with Gasteiger partial charge >= 0.3 is 6.85 Å². The minimum Gasteiger partial charge on any atom is -0.466 e. The van der Waals surface area contributed by atoms with Crippen LogP contribution in [0.3, 0.4) is 0 Å². The van der Waals surface area contributed by atoms with E-state index in [-0.39, 0.29) is 17.7 Å². The highest BCUT2D eigenvalue weighted by Gasteiger charge is 2.47. The number of furan rings is 2. The summed E-state index contributed by atoms with van der Waals surface area (Å²) in [6.07, 6.45) is 0. The first kappa shape index (κ1) is 37.1. The lowest BCUT2D eigenvalue weighted by molar-refractivity contribution is 0.590. The second-order valence-corrected chi connectivity index (χ2v) is 19.8. The molecular formula is C58H46BN3O2. The lowest BCUT2D eigenvalue weighted by Gasteiger charge is -2.41. The van der Waals surface area contributed by atoms with Gasteiger partial charge in [0.2, 0.25) is 0 Å². The van der Waals surface area contributed by atoms with E-state index in [2.05, 4.69) is 220 Å². The Hall–Kier alpha value is -7.44. The molecule has 8 aromatic carbocycles. The average molecular weight is 828 g/mol. The number of para-hydroxylation sites is 3. The zero-order valence-corrected chi connectivity index (χ0v) is 36.9. The number of rotatable bonds is 4. The van der Waals surface area contributed by atoms with Crippen LogP contribution in [0.25, 0.3) is 71.5 Å². The topological polar surface area (TPSA) is 37.7 Å². The van der Waals surface area contributed by atoms with Gasteiger partial charge in [-0.1, -0.05) is 133 Å². The van der Waals surface area contributed by atoms with Gasteiger partial charge in [-0.05, 0) is 112 Å². The van der Waals surface area contributed by atoms with Gasteiger partial charge in [-0.2, -0.15) is 0 Å². The number of nitrogens with zero attached hydrogens (tertiary/aromatic N) is 3. The van der Waals surface area contributed by atoms with Crippen molar-refractivity contribution in [2.45, 2.75) is 52.4 Å². The molecule has 5 heterocycles. The Kier molecular flexibility index (Phi) is 7.58. The van der Waals surface area contributed by atoms with Crippen LogP contribution >= 0.6 is 0 Å². The molecular weight excluding hydrogens is 781 g/mol. The molecule has 0 unspecified atom stereocenters. The second kappa shape index (κ2) is 13.1. The third-order valence-electron chi connectivity index (χ3n) is 13.9. The standard InChI is InChI=1S/C58H46BN3O2/c1-57(2,3)35-21-24-39(25-22-35)62-49-32-40(60(37-15-9-7-10-16-37)38-17-11-8-12-18-38)26-27-41(49)43-28-29-44-45-34-52-46(42-19-13-14-20-50(42)63-52)33-48(45)61-54(44)53(43)59(62)56-55(61)47-31-36(58(4,5)6)23-30-51(47)64-56/h7-34H,1-6H3. The van der Waals surface area contributed by atoms with Crippen LogP contribution in [0.15, 0.2) is 179 Å². The summed E-state index contributed by atoms with van der Waals surface area (Å²) in [7, 11) is 0. The molecule has 3 aromatic heterocycles.